The normalized spacial score (nSPS) is 24.6. The summed E-state index contributed by atoms with van der Waals surface area (Å²) in [6, 6.07) is 21.3. The molecule has 4 N–H and O–H groups in total. The van der Waals surface area contributed by atoms with Crippen molar-refractivity contribution >= 4 is 23.6 Å². The number of aliphatic imine (C=N–C) groups is 2. The van der Waals surface area contributed by atoms with Gasteiger partial charge < -0.3 is 30.7 Å². The number of carbonyl (C=O) groups is 2. The van der Waals surface area contributed by atoms with E-state index in [-0.39, 0.29) is 48.1 Å². The van der Waals surface area contributed by atoms with E-state index in [1.54, 1.807) is 12.2 Å². The first-order chi connectivity index (χ1) is 28.0. The molecule has 10 atom stereocenters. The molecule has 2 aromatic rings. The van der Waals surface area contributed by atoms with E-state index in [4.69, 9.17) is 19.5 Å². The summed E-state index contributed by atoms with van der Waals surface area (Å²) in [5.74, 6) is 3.29. The lowest BCUT2D eigenvalue weighted by atomic mass is 9.95. The van der Waals surface area contributed by atoms with Crippen molar-refractivity contribution in [1.82, 2.24) is 21.3 Å². The van der Waals surface area contributed by atoms with Gasteiger partial charge in [0.05, 0.1) is 12.1 Å². The zero-order valence-corrected chi connectivity index (χ0v) is 36.3. The predicted octanol–water partition coefficient (Wildman–Crippen LogP) is 7.70. The van der Waals surface area contributed by atoms with Crippen molar-refractivity contribution in [3.8, 4) is 0 Å². The van der Waals surface area contributed by atoms with E-state index in [1.807, 2.05) is 36.4 Å². The van der Waals surface area contributed by atoms with Crippen LogP contribution in [0.15, 0.2) is 94.2 Å². The molecule has 6 rings (SSSR count). The van der Waals surface area contributed by atoms with Crippen LogP contribution in [-0.2, 0) is 31.9 Å². The summed E-state index contributed by atoms with van der Waals surface area (Å²) in [7, 11) is 0. The molecule has 316 valence electrons. The highest BCUT2D eigenvalue weighted by Gasteiger charge is 2.34. The Bertz CT molecular complexity index is 1620. The number of amides is 2. The molecule has 0 bridgehead atoms. The molecule has 0 radical (unpaired) electrons. The molecular formula is C48H70N6O4. The van der Waals surface area contributed by atoms with Crippen LogP contribution < -0.4 is 21.3 Å². The SMILES string of the molecule is CC[C@H](C)[C@H](NC1=CC(=O)N[C@@H](Cc2ccccc2)C1)C1=N[C@@H]([C@@H](C)CC)CO1.CC[C@H](C)[C@H](NC1=CC(=O)N[C@@H](Cc2ccccc2)C1)C1=N[C@@H]([C@@H](C)CC)CO1. The van der Waals surface area contributed by atoms with Crippen molar-refractivity contribution < 1.29 is 19.1 Å². The largest absolute Gasteiger partial charge is 0.477 e. The first kappa shape index (κ1) is 44.5. The van der Waals surface area contributed by atoms with E-state index in [0.717, 1.165) is 74.6 Å². The van der Waals surface area contributed by atoms with Gasteiger partial charge in [0, 0.05) is 48.5 Å². The highest BCUT2D eigenvalue weighted by Crippen LogP contribution is 2.25. The summed E-state index contributed by atoms with van der Waals surface area (Å²) in [4.78, 5) is 34.4. The van der Waals surface area contributed by atoms with Crippen LogP contribution in [0.3, 0.4) is 0 Å². The highest BCUT2D eigenvalue weighted by molar-refractivity contribution is 5.91. The monoisotopic (exact) mass is 795 g/mol. The maximum absolute atomic E-state index is 12.3. The van der Waals surface area contributed by atoms with E-state index in [0.29, 0.717) is 36.9 Å². The molecule has 10 nitrogen and oxygen atoms in total. The molecule has 58 heavy (non-hydrogen) atoms. The maximum atomic E-state index is 12.3. The second-order valence-electron chi connectivity index (χ2n) is 17.0. The first-order valence-corrected chi connectivity index (χ1v) is 22.0. The molecule has 4 heterocycles. The van der Waals surface area contributed by atoms with Crippen molar-refractivity contribution in [2.75, 3.05) is 13.2 Å². The second-order valence-corrected chi connectivity index (χ2v) is 17.0. The van der Waals surface area contributed by atoms with E-state index < -0.39 is 0 Å². The first-order valence-electron chi connectivity index (χ1n) is 22.0. The van der Waals surface area contributed by atoms with E-state index in [9.17, 15) is 9.59 Å². The molecule has 0 saturated carbocycles. The van der Waals surface area contributed by atoms with Crippen LogP contribution in [-0.4, -0.2) is 73.1 Å². The van der Waals surface area contributed by atoms with Crippen molar-refractivity contribution in [3.05, 3.63) is 95.3 Å². The molecule has 0 aliphatic carbocycles. The standard InChI is InChI=1S/2C24H35N3O2/c2*1-5-16(3)21-15-29-24(27-21)23(17(4)6-2)26-20-13-19(25-22(28)14-20)12-18-10-8-7-9-11-18/h2*7-11,14,16-17,19,21,23,26H,5-6,12-13,15H2,1-4H3,(H,25,28)/t2*16-,17-,19-,21+,23-/m00/s1. The lowest BCUT2D eigenvalue weighted by molar-refractivity contribution is -0.118. The van der Waals surface area contributed by atoms with Gasteiger partial charge >= 0.3 is 0 Å². The summed E-state index contributed by atoms with van der Waals surface area (Å²) in [5.41, 5.74) is 4.41. The molecule has 2 aromatic carbocycles. The van der Waals surface area contributed by atoms with Crippen molar-refractivity contribution in [2.24, 2.45) is 33.7 Å². The molecular weight excluding hydrogens is 725 g/mol. The van der Waals surface area contributed by atoms with Gasteiger partial charge in [-0.15, -0.1) is 0 Å². The minimum Gasteiger partial charge on any atom is -0.477 e. The summed E-state index contributed by atoms with van der Waals surface area (Å²) in [6.45, 7) is 19.0. The Hall–Kier alpha value is -4.60. The zero-order valence-electron chi connectivity index (χ0n) is 36.3. The number of ether oxygens (including phenoxy) is 2. The molecule has 4 aliphatic rings. The van der Waals surface area contributed by atoms with Crippen LogP contribution >= 0.6 is 0 Å². The fourth-order valence-corrected chi connectivity index (χ4v) is 7.85. The second kappa shape index (κ2) is 22.0. The van der Waals surface area contributed by atoms with Gasteiger partial charge in [-0.25, -0.2) is 9.98 Å². The number of carbonyl (C=O) groups excluding carboxylic acids is 2. The minimum absolute atomic E-state index is 0.00332. The summed E-state index contributed by atoms with van der Waals surface area (Å²) in [6.07, 6.45) is 10.8. The van der Waals surface area contributed by atoms with Crippen LogP contribution in [0.5, 0.6) is 0 Å². The van der Waals surface area contributed by atoms with Gasteiger partial charge in [0.1, 0.15) is 25.3 Å². The zero-order chi connectivity index (χ0) is 41.6. The molecule has 10 heteroatoms. The predicted molar refractivity (Wildman–Crippen MR) is 236 cm³/mol. The number of hydrogen-bond acceptors (Lipinski definition) is 8. The number of benzene rings is 2. The van der Waals surface area contributed by atoms with Crippen LogP contribution in [0, 0.1) is 23.7 Å². The third kappa shape index (κ3) is 12.7. The van der Waals surface area contributed by atoms with Gasteiger partial charge in [-0.05, 0) is 47.6 Å². The smallest absolute Gasteiger partial charge is 0.245 e. The van der Waals surface area contributed by atoms with Gasteiger partial charge in [-0.3, -0.25) is 9.59 Å². The molecule has 0 unspecified atom stereocenters. The Morgan fingerprint density at radius 1 is 0.603 bits per heavy atom. The van der Waals surface area contributed by atoms with Gasteiger partial charge in [0.2, 0.25) is 23.6 Å². The molecule has 0 aromatic heterocycles. The summed E-state index contributed by atoms with van der Waals surface area (Å²) in [5, 5.41) is 13.4. The number of nitrogens with one attached hydrogen (secondary N) is 4. The third-order valence-corrected chi connectivity index (χ3v) is 12.5. The van der Waals surface area contributed by atoms with Crippen molar-refractivity contribution in [1.29, 1.82) is 0 Å². The number of hydrogen-bond donors (Lipinski definition) is 4. The summed E-state index contributed by atoms with van der Waals surface area (Å²) < 4.78 is 12.0. The Morgan fingerprint density at radius 3 is 1.33 bits per heavy atom. The van der Waals surface area contributed by atoms with Crippen LogP contribution in [0.25, 0.3) is 0 Å². The van der Waals surface area contributed by atoms with E-state index in [2.05, 4.69) is 101 Å². The third-order valence-electron chi connectivity index (χ3n) is 12.5. The maximum Gasteiger partial charge on any atom is 0.245 e. The topological polar surface area (TPSA) is 125 Å². The Labute approximate surface area is 348 Å². The molecule has 4 aliphatic heterocycles. The van der Waals surface area contributed by atoms with E-state index >= 15 is 0 Å². The quantitative estimate of drug-likeness (QED) is 0.123. The Kier molecular flexibility index (Phi) is 16.8. The lowest BCUT2D eigenvalue weighted by Gasteiger charge is -2.30. The molecule has 0 saturated heterocycles. The van der Waals surface area contributed by atoms with Crippen LogP contribution in [0.1, 0.15) is 105 Å². The van der Waals surface area contributed by atoms with Gasteiger partial charge in [-0.1, -0.05) is 142 Å². The highest BCUT2D eigenvalue weighted by atomic mass is 16.5. The van der Waals surface area contributed by atoms with Crippen molar-refractivity contribution in [2.45, 2.75) is 143 Å². The van der Waals surface area contributed by atoms with Gasteiger partial charge in [0.15, 0.2) is 0 Å². The average molecular weight is 795 g/mol. The number of rotatable bonds is 18. The minimum atomic E-state index is -0.0330. The molecule has 2 amide bonds. The van der Waals surface area contributed by atoms with Gasteiger partial charge in [-0.2, -0.15) is 0 Å². The van der Waals surface area contributed by atoms with Crippen LogP contribution in [0.4, 0.5) is 0 Å². The fourth-order valence-electron chi connectivity index (χ4n) is 7.85. The lowest BCUT2D eigenvalue weighted by Crippen LogP contribution is -2.46. The Balaban J connectivity index is 0.000000221. The summed E-state index contributed by atoms with van der Waals surface area (Å²) >= 11 is 0. The van der Waals surface area contributed by atoms with Gasteiger partial charge in [0.25, 0.3) is 0 Å². The number of nitrogens with zero attached hydrogens (tertiary/aromatic N) is 2. The van der Waals surface area contributed by atoms with Crippen LogP contribution in [0.2, 0.25) is 0 Å². The van der Waals surface area contributed by atoms with Crippen molar-refractivity contribution in [3.63, 3.8) is 0 Å². The fraction of sp³-hybridized carbons (Fsp3) is 0.583. The molecule has 0 fully saturated rings. The Morgan fingerprint density at radius 2 is 0.983 bits per heavy atom. The van der Waals surface area contributed by atoms with E-state index in [1.165, 1.54) is 11.1 Å². The average Bonchev–Trinajstić information content (AvgIpc) is 3.93. The molecule has 0 spiro atoms.